The van der Waals surface area contributed by atoms with Crippen molar-refractivity contribution in [1.82, 2.24) is 20.1 Å². The quantitative estimate of drug-likeness (QED) is 0.656. The Labute approximate surface area is 185 Å². The minimum absolute atomic E-state index is 0.0625. The predicted molar refractivity (Wildman–Crippen MR) is 115 cm³/mol. The molecule has 1 saturated carbocycles. The molecule has 1 aromatic carbocycles. The average molecular weight is 444 g/mol. The zero-order valence-corrected chi connectivity index (χ0v) is 18.2. The van der Waals surface area contributed by atoms with Crippen LogP contribution in [-0.2, 0) is 16.1 Å². The maximum Gasteiger partial charge on any atom is 0.231 e. The zero-order chi connectivity index (χ0) is 21.7. The first kappa shape index (κ1) is 21.8. The first-order valence-electron chi connectivity index (χ1n) is 10.7. The van der Waals surface area contributed by atoms with E-state index in [2.05, 4.69) is 21.6 Å². The Balaban J connectivity index is 1.48. The highest BCUT2D eigenvalue weighted by Gasteiger charge is 2.33. The lowest BCUT2D eigenvalue weighted by Gasteiger charge is -2.31. The molecular formula is C22H26FN5O2S. The van der Waals surface area contributed by atoms with Crippen molar-refractivity contribution in [3.8, 4) is 17.5 Å². The Kier molecular flexibility index (Phi) is 6.88. The van der Waals surface area contributed by atoms with Gasteiger partial charge >= 0.3 is 0 Å². The van der Waals surface area contributed by atoms with Crippen molar-refractivity contribution in [1.29, 1.82) is 5.26 Å². The van der Waals surface area contributed by atoms with E-state index < -0.39 is 5.54 Å². The highest BCUT2D eigenvalue weighted by Crippen LogP contribution is 2.29. The van der Waals surface area contributed by atoms with Crippen molar-refractivity contribution in [3.05, 3.63) is 30.1 Å². The number of aromatic nitrogens is 3. The van der Waals surface area contributed by atoms with E-state index in [-0.39, 0.29) is 23.6 Å². The number of nitrogens with zero attached hydrogens (tertiary/aromatic N) is 4. The standard InChI is InChI=1S/C22H26FN5O2S/c23-17-8-6-16(7-9-17)20-26-27-21(28(20)13-18-5-4-12-30-18)31-14-19(29)25-22(15-24)10-2-1-3-11-22/h6-9,18H,1-5,10-14H2,(H,25,29). The van der Waals surface area contributed by atoms with E-state index in [1.807, 2.05) is 4.57 Å². The molecule has 0 bridgehead atoms. The van der Waals surface area contributed by atoms with Crippen LogP contribution in [0.4, 0.5) is 4.39 Å². The molecule has 2 fully saturated rings. The third kappa shape index (κ3) is 5.25. The van der Waals surface area contributed by atoms with Gasteiger partial charge < -0.3 is 10.1 Å². The normalized spacial score (nSPS) is 20.3. The lowest BCUT2D eigenvalue weighted by atomic mass is 9.83. The van der Waals surface area contributed by atoms with Gasteiger partial charge in [-0.05, 0) is 49.9 Å². The summed E-state index contributed by atoms with van der Waals surface area (Å²) in [5.41, 5.74) is 0.00870. The zero-order valence-electron chi connectivity index (χ0n) is 17.3. The molecule has 1 aliphatic heterocycles. The van der Waals surface area contributed by atoms with Crippen LogP contribution in [0.25, 0.3) is 11.4 Å². The average Bonchev–Trinajstić information content (AvgIpc) is 3.44. The van der Waals surface area contributed by atoms with Crippen LogP contribution in [0, 0.1) is 17.1 Å². The van der Waals surface area contributed by atoms with Gasteiger partial charge in [-0.15, -0.1) is 10.2 Å². The first-order valence-corrected chi connectivity index (χ1v) is 11.7. The van der Waals surface area contributed by atoms with Gasteiger partial charge in [-0.1, -0.05) is 31.0 Å². The fourth-order valence-electron chi connectivity index (χ4n) is 4.22. The molecule has 164 valence electrons. The summed E-state index contributed by atoms with van der Waals surface area (Å²) in [5.74, 6) is 0.285. The number of hydrogen-bond donors (Lipinski definition) is 1. The summed E-state index contributed by atoms with van der Waals surface area (Å²) in [6.45, 7) is 1.31. The van der Waals surface area contributed by atoms with Crippen LogP contribution in [0.1, 0.15) is 44.9 Å². The van der Waals surface area contributed by atoms with Crippen molar-refractivity contribution < 1.29 is 13.9 Å². The molecule has 0 spiro atoms. The van der Waals surface area contributed by atoms with Gasteiger partial charge in [-0.2, -0.15) is 5.26 Å². The second kappa shape index (κ2) is 9.79. The van der Waals surface area contributed by atoms with E-state index in [1.54, 1.807) is 12.1 Å². The molecule has 2 aliphatic rings. The number of thioether (sulfide) groups is 1. The summed E-state index contributed by atoms with van der Waals surface area (Å²) in [6.07, 6.45) is 6.44. The van der Waals surface area contributed by atoms with Crippen molar-refractivity contribution in [3.63, 3.8) is 0 Å². The van der Waals surface area contributed by atoms with Gasteiger partial charge in [0.2, 0.25) is 5.91 Å². The number of nitriles is 1. The molecule has 1 atom stereocenters. The highest BCUT2D eigenvalue weighted by atomic mass is 32.2. The topological polar surface area (TPSA) is 92.8 Å². The molecule has 1 saturated heterocycles. The van der Waals surface area contributed by atoms with Gasteiger partial charge in [0, 0.05) is 12.2 Å². The molecule has 2 heterocycles. The van der Waals surface area contributed by atoms with Gasteiger partial charge in [0.1, 0.15) is 11.4 Å². The summed E-state index contributed by atoms with van der Waals surface area (Å²) in [5, 5.41) is 21.8. The molecule has 4 rings (SSSR count). The largest absolute Gasteiger partial charge is 0.376 e. The molecular weight excluding hydrogens is 417 g/mol. The van der Waals surface area contributed by atoms with E-state index in [0.717, 1.165) is 44.3 Å². The minimum atomic E-state index is -0.749. The highest BCUT2D eigenvalue weighted by molar-refractivity contribution is 7.99. The van der Waals surface area contributed by atoms with Crippen molar-refractivity contribution in [2.24, 2.45) is 0 Å². The van der Waals surface area contributed by atoms with Crippen LogP contribution in [-0.4, -0.2) is 44.7 Å². The van der Waals surface area contributed by atoms with Gasteiger partial charge in [-0.25, -0.2) is 4.39 Å². The number of halogens is 1. The monoisotopic (exact) mass is 443 g/mol. The van der Waals surface area contributed by atoms with E-state index in [4.69, 9.17) is 4.74 Å². The van der Waals surface area contributed by atoms with Gasteiger partial charge in [-0.3, -0.25) is 9.36 Å². The molecule has 2 aromatic rings. The summed E-state index contributed by atoms with van der Waals surface area (Å²) in [4.78, 5) is 12.6. The fourth-order valence-corrected chi connectivity index (χ4v) is 4.97. The number of amides is 1. The van der Waals surface area contributed by atoms with Crippen molar-refractivity contribution in [2.45, 2.75) is 68.3 Å². The number of benzene rings is 1. The summed E-state index contributed by atoms with van der Waals surface area (Å²) >= 11 is 1.29. The molecule has 31 heavy (non-hydrogen) atoms. The Hall–Kier alpha value is -2.44. The van der Waals surface area contributed by atoms with Crippen LogP contribution < -0.4 is 5.32 Å². The molecule has 1 aliphatic carbocycles. The molecule has 1 amide bonds. The Morgan fingerprint density at radius 2 is 2.03 bits per heavy atom. The summed E-state index contributed by atoms with van der Waals surface area (Å²) < 4.78 is 21.1. The number of ether oxygens (including phenoxy) is 1. The smallest absolute Gasteiger partial charge is 0.231 e. The second-order valence-corrected chi connectivity index (χ2v) is 9.09. The van der Waals surface area contributed by atoms with E-state index in [1.165, 1.54) is 23.9 Å². The number of carbonyl (C=O) groups is 1. The van der Waals surface area contributed by atoms with Gasteiger partial charge in [0.25, 0.3) is 0 Å². The molecule has 1 N–H and O–H groups in total. The lowest BCUT2D eigenvalue weighted by Crippen LogP contribution is -2.49. The van der Waals surface area contributed by atoms with E-state index in [0.29, 0.717) is 30.4 Å². The molecule has 9 heteroatoms. The number of carbonyl (C=O) groups excluding carboxylic acids is 1. The molecule has 1 aromatic heterocycles. The first-order chi connectivity index (χ1) is 15.1. The SMILES string of the molecule is N#CC1(NC(=O)CSc2nnc(-c3ccc(F)cc3)n2CC2CCCO2)CCCCC1. The van der Waals surface area contributed by atoms with Crippen LogP contribution in [0.5, 0.6) is 0 Å². The fraction of sp³-hybridized carbons (Fsp3) is 0.545. The van der Waals surface area contributed by atoms with Crippen LogP contribution in [0.15, 0.2) is 29.4 Å². The summed E-state index contributed by atoms with van der Waals surface area (Å²) in [6, 6.07) is 8.45. The van der Waals surface area contributed by atoms with Crippen LogP contribution in [0.2, 0.25) is 0 Å². The maximum atomic E-state index is 13.4. The van der Waals surface area contributed by atoms with E-state index >= 15 is 0 Å². The lowest BCUT2D eigenvalue weighted by molar-refractivity contribution is -0.120. The Morgan fingerprint density at radius 1 is 1.26 bits per heavy atom. The maximum absolute atomic E-state index is 13.4. The third-order valence-electron chi connectivity index (χ3n) is 5.86. The summed E-state index contributed by atoms with van der Waals surface area (Å²) in [7, 11) is 0. The number of hydrogen-bond acceptors (Lipinski definition) is 6. The van der Waals surface area contributed by atoms with Gasteiger partial charge in [0.15, 0.2) is 11.0 Å². The molecule has 1 unspecified atom stereocenters. The van der Waals surface area contributed by atoms with Crippen LogP contribution >= 0.6 is 11.8 Å². The Bertz CT molecular complexity index is 944. The third-order valence-corrected chi connectivity index (χ3v) is 6.83. The molecule has 7 nitrogen and oxygen atoms in total. The Morgan fingerprint density at radius 3 is 2.71 bits per heavy atom. The van der Waals surface area contributed by atoms with E-state index in [9.17, 15) is 14.4 Å². The number of nitrogens with one attached hydrogen (secondary N) is 1. The second-order valence-electron chi connectivity index (χ2n) is 8.15. The van der Waals surface area contributed by atoms with Crippen molar-refractivity contribution >= 4 is 17.7 Å². The number of rotatable bonds is 7. The van der Waals surface area contributed by atoms with Crippen LogP contribution in [0.3, 0.4) is 0 Å². The molecule has 0 radical (unpaired) electrons. The van der Waals surface area contributed by atoms with Crippen molar-refractivity contribution in [2.75, 3.05) is 12.4 Å². The van der Waals surface area contributed by atoms with Gasteiger partial charge in [0.05, 0.1) is 24.5 Å². The predicted octanol–water partition coefficient (Wildman–Crippen LogP) is 3.70. The minimum Gasteiger partial charge on any atom is -0.376 e.